The van der Waals surface area contributed by atoms with Crippen molar-refractivity contribution in [2.75, 3.05) is 13.1 Å². The Labute approximate surface area is 142 Å². The molecule has 0 saturated carbocycles. The minimum atomic E-state index is -0.0430. The Kier molecular flexibility index (Phi) is 4.83. The molecule has 1 aliphatic heterocycles. The SMILES string of the molecule is CC(C)(CNC(=O)Cc1cccs1)N1CCc2ccccc2C1. The lowest BCUT2D eigenvalue weighted by Gasteiger charge is -2.41. The first kappa shape index (κ1) is 16.2. The highest BCUT2D eigenvalue weighted by Gasteiger charge is 2.30. The van der Waals surface area contributed by atoms with Gasteiger partial charge >= 0.3 is 0 Å². The van der Waals surface area contributed by atoms with Crippen LogP contribution < -0.4 is 5.32 Å². The van der Waals surface area contributed by atoms with Gasteiger partial charge in [-0.25, -0.2) is 0 Å². The van der Waals surface area contributed by atoms with Crippen LogP contribution in [0.1, 0.15) is 29.9 Å². The van der Waals surface area contributed by atoms with Crippen LogP contribution in [0.4, 0.5) is 0 Å². The fourth-order valence-electron chi connectivity index (χ4n) is 3.07. The van der Waals surface area contributed by atoms with E-state index in [-0.39, 0.29) is 11.4 Å². The molecule has 0 unspecified atom stereocenters. The Morgan fingerprint density at radius 1 is 1.22 bits per heavy atom. The number of nitrogens with one attached hydrogen (secondary N) is 1. The second kappa shape index (κ2) is 6.85. The Morgan fingerprint density at radius 2 is 2.00 bits per heavy atom. The lowest BCUT2D eigenvalue weighted by atomic mass is 9.94. The van der Waals surface area contributed by atoms with Crippen molar-refractivity contribution >= 4 is 17.2 Å². The largest absolute Gasteiger partial charge is 0.354 e. The summed E-state index contributed by atoms with van der Waals surface area (Å²) in [7, 11) is 0. The van der Waals surface area contributed by atoms with Crippen LogP contribution in [0.2, 0.25) is 0 Å². The van der Waals surface area contributed by atoms with Gasteiger partial charge in [0.25, 0.3) is 0 Å². The van der Waals surface area contributed by atoms with E-state index in [4.69, 9.17) is 0 Å². The molecule has 3 nitrogen and oxygen atoms in total. The van der Waals surface area contributed by atoms with Crippen molar-refractivity contribution in [3.05, 3.63) is 57.8 Å². The number of rotatable bonds is 5. The number of hydrogen-bond acceptors (Lipinski definition) is 3. The molecule has 0 atom stereocenters. The lowest BCUT2D eigenvalue weighted by molar-refractivity contribution is -0.121. The van der Waals surface area contributed by atoms with Crippen molar-refractivity contribution in [3.8, 4) is 0 Å². The van der Waals surface area contributed by atoms with E-state index in [0.717, 1.165) is 24.4 Å². The molecule has 3 rings (SSSR count). The molecule has 2 heterocycles. The van der Waals surface area contributed by atoms with Gasteiger partial charge in [0, 0.05) is 30.1 Å². The van der Waals surface area contributed by atoms with Crippen molar-refractivity contribution in [2.24, 2.45) is 0 Å². The van der Waals surface area contributed by atoms with Gasteiger partial charge in [-0.1, -0.05) is 30.3 Å². The fourth-order valence-corrected chi connectivity index (χ4v) is 3.78. The Balaban J connectivity index is 1.56. The third-order valence-corrected chi connectivity index (χ3v) is 5.50. The molecule has 4 heteroatoms. The molecule has 1 aromatic carbocycles. The zero-order chi connectivity index (χ0) is 16.3. The molecule has 1 amide bonds. The van der Waals surface area contributed by atoms with Gasteiger partial charge in [-0.05, 0) is 42.8 Å². The van der Waals surface area contributed by atoms with E-state index in [1.165, 1.54) is 11.1 Å². The Morgan fingerprint density at radius 3 is 2.74 bits per heavy atom. The molecule has 0 radical (unpaired) electrons. The summed E-state index contributed by atoms with van der Waals surface area (Å²) in [6, 6.07) is 12.7. The van der Waals surface area contributed by atoms with Crippen LogP contribution in [0.15, 0.2) is 41.8 Å². The third kappa shape index (κ3) is 4.01. The fraction of sp³-hybridized carbons (Fsp3) is 0.421. The molecule has 0 spiro atoms. The van der Waals surface area contributed by atoms with Crippen LogP contribution in [0.3, 0.4) is 0 Å². The summed E-state index contributed by atoms with van der Waals surface area (Å²) in [5.41, 5.74) is 2.83. The van der Waals surface area contributed by atoms with Crippen LogP contribution in [-0.2, 0) is 24.2 Å². The highest BCUT2D eigenvalue weighted by Crippen LogP contribution is 2.25. The number of thiophene rings is 1. The first-order valence-corrected chi connectivity index (χ1v) is 9.03. The highest BCUT2D eigenvalue weighted by atomic mass is 32.1. The van der Waals surface area contributed by atoms with E-state index in [1.807, 2.05) is 17.5 Å². The molecule has 2 aromatic rings. The van der Waals surface area contributed by atoms with Crippen molar-refractivity contribution in [2.45, 2.75) is 38.8 Å². The van der Waals surface area contributed by atoms with Crippen LogP contribution >= 0.6 is 11.3 Å². The van der Waals surface area contributed by atoms with E-state index in [1.54, 1.807) is 11.3 Å². The number of fused-ring (bicyclic) bond motifs is 1. The minimum Gasteiger partial charge on any atom is -0.354 e. The summed E-state index contributed by atoms with van der Waals surface area (Å²) < 4.78 is 0. The van der Waals surface area contributed by atoms with E-state index in [0.29, 0.717) is 13.0 Å². The maximum Gasteiger partial charge on any atom is 0.225 e. The van der Waals surface area contributed by atoms with Gasteiger partial charge in [-0.15, -0.1) is 11.3 Å². The summed E-state index contributed by atoms with van der Waals surface area (Å²) in [6.07, 6.45) is 1.57. The highest BCUT2D eigenvalue weighted by molar-refractivity contribution is 7.10. The molecule has 0 saturated heterocycles. The summed E-state index contributed by atoms with van der Waals surface area (Å²) in [5, 5.41) is 5.12. The molecular formula is C19H24N2OS. The van der Waals surface area contributed by atoms with Gasteiger partial charge in [0.2, 0.25) is 5.91 Å². The zero-order valence-corrected chi connectivity index (χ0v) is 14.7. The minimum absolute atomic E-state index is 0.0430. The molecule has 0 aliphatic carbocycles. The number of hydrogen-bond donors (Lipinski definition) is 1. The van der Waals surface area contributed by atoms with E-state index < -0.39 is 0 Å². The van der Waals surface area contributed by atoms with Crippen LogP contribution in [-0.4, -0.2) is 29.4 Å². The van der Waals surface area contributed by atoms with E-state index in [9.17, 15) is 4.79 Å². The van der Waals surface area contributed by atoms with Crippen LogP contribution in [0, 0.1) is 0 Å². The predicted octanol–water partition coefficient (Wildman–Crippen LogP) is 3.24. The first-order valence-electron chi connectivity index (χ1n) is 8.15. The number of nitrogens with zero attached hydrogens (tertiary/aromatic N) is 1. The van der Waals surface area contributed by atoms with Gasteiger partial charge < -0.3 is 5.32 Å². The molecule has 1 aliphatic rings. The molecule has 0 bridgehead atoms. The summed E-state index contributed by atoms with van der Waals surface area (Å²) in [4.78, 5) is 15.7. The molecule has 1 aromatic heterocycles. The molecule has 1 N–H and O–H groups in total. The van der Waals surface area contributed by atoms with Gasteiger partial charge in [0.1, 0.15) is 0 Å². The topological polar surface area (TPSA) is 32.3 Å². The maximum absolute atomic E-state index is 12.1. The Bertz CT molecular complexity index is 664. The van der Waals surface area contributed by atoms with Gasteiger partial charge in [0.15, 0.2) is 0 Å². The average molecular weight is 328 g/mol. The van der Waals surface area contributed by atoms with E-state index in [2.05, 4.69) is 48.3 Å². The van der Waals surface area contributed by atoms with Gasteiger partial charge in [-0.3, -0.25) is 9.69 Å². The first-order chi connectivity index (χ1) is 11.0. The molecule has 23 heavy (non-hydrogen) atoms. The quantitative estimate of drug-likeness (QED) is 0.914. The Hall–Kier alpha value is -1.65. The molecule has 0 fully saturated rings. The van der Waals surface area contributed by atoms with Crippen molar-refractivity contribution < 1.29 is 4.79 Å². The second-order valence-electron chi connectivity index (χ2n) is 6.79. The molecule has 122 valence electrons. The van der Waals surface area contributed by atoms with Gasteiger partial charge in [-0.2, -0.15) is 0 Å². The lowest BCUT2D eigenvalue weighted by Crippen LogP contribution is -2.53. The summed E-state index contributed by atoms with van der Waals surface area (Å²) in [6.45, 7) is 7.12. The van der Waals surface area contributed by atoms with Crippen molar-refractivity contribution in [1.82, 2.24) is 10.2 Å². The second-order valence-corrected chi connectivity index (χ2v) is 7.82. The predicted molar refractivity (Wildman–Crippen MR) is 95.7 cm³/mol. The number of carbonyl (C=O) groups is 1. The summed E-state index contributed by atoms with van der Waals surface area (Å²) in [5.74, 6) is 0.109. The zero-order valence-electron chi connectivity index (χ0n) is 13.8. The average Bonchev–Trinajstić information content (AvgIpc) is 3.05. The van der Waals surface area contributed by atoms with Gasteiger partial charge in [0.05, 0.1) is 6.42 Å². The monoisotopic (exact) mass is 328 g/mol. The van der Waals surface area contributed by atoms with Crippen LogP contribution in [0.5, 0.6) is 0 Å². The van der Waals surface area contributed by atoms with Crippen molar-refractivity contribution in [3.63, 3.8) is 0 Å². The smallest absolute Gasteiger partial charge is 0.225 e. The maximum atomic E-state index is 12.1. The van der Waals surface area contributed by atoms with Crippen molar-refractivity contribution in [1.29, 1.82) is 0 Å². The van der Waals surface area contributed by atoms with Crippen LogP contribution in [0.25, 0.3) is 0 Å². The van der Waals surface area contributed by atoms with E-state index >= 15 is 0 Å². The number of amides is 1. The molecular weight excluding hydrogens is 304 g/mol. The third-order valence-electron chi connectivity index (χ3n) is 4.62. The normalized spacial score (nSPS) is 15.2. The number of benzene rings is 1. The standard InChI is InChI=1S/C19H24N2OS/c1-19(2,14-20-18(22)12-17-8-5-11-23-17)21-10-9-15-6-3-4-7-16(15)13-21/h3-8,11H,9-10,12-14H2,1-2H3,(H,20,22). The summed E-state index contributed by atoms with van der Waals surface area (Å²) >= 11 is 1.63. The number of carbonyl (C=O) groups excluding carboxylic acids is 1.